The molecule has 2 N–H and O–H groups in total. The van der Waals surface area contributed by atoms with Crippen molar-refractivity contribution in [3.05, 3.63) is 41.6 Å². The zero-order chi connectivity index (χ0) is 17.1. The van der Waals surface area contributed by atoms with Crippen molar-refractivity contribution in [2.45, 2.75) is 43.4 Å². The van der Waals surface area contributed by atoms with Crippen LogP contribution in [0.3, 0.4) is 0 Å². The van der Waals surface area contributed by atoms with Crippen LogP contribution >= 0.6 is 11.8 Å². The first-order chi connectivity index (χ1) is 11.5. The summed E-state index contributed by atoms with van der Waals surface area (Å²) in [6, 6.07) is 10.3. The van der Waals surface area contributed by atoms with Gasteiger partial charge in [-0.15, -0.1) is 11.8 Å². The number of nitrogen functional groups attached to an aromatic ring is 1. The molecule has 24 heavy (non-hydrogen) atoms. The second-order valence-corrected chi connectivity index (χ2v) is 7.67. The summed E-state index contributed by atoms with van der Waals surface area (Å²) < 4.78 is 1.59. The van der Waals surface area contributed by atoms with Gasteiger partial charge in [0.25, 0.3) is 0 Å². The van der Waals surface area contributed by atoms with Crippen molar-refractivity contribution in [3.63, 3.8) is 0 Å². The van der Waals surface area contributed by atoms with Gasteiger partial charge in [0.1, 0.15) is 12.4 Å². The average molecular weight is 344 g/mol. The van der Waals surface area contributed by atoms with Gasteiger partial charge in [-0.3, -0.25) is 4.79 Å². The van der Waals surface area contributed by atoms with Gasteiger partial charge in [-0.25, -0.2) is 4.68 Å². The molecule has 1 aromatic carbocycles. The van der Waals surface area contributed by atoms with E-state index in [4.69, 9.17) is 5.73 Å². The molecule has 0 unspecified atom stereocenters. The normalized spacial score (nSPS) is 15.7. The van der Waals surface area contributed by atoms with Gasteiger partial charge in [-0.1, -0.05) is 18.2 Å². The van der Waals surface area contributed by atoms with E-state index in [-0.39, 0.29) is 12.5 Å². The summed E-state index contributed by atoms with van der Waals surface area (Å²) in [4.78, 5) is 15.7. The number of piperidine rings is 1. The molecule has 2 aromatic rings. The highest BCUT2D eigenvalue weighted by molar-refractivity contribution is 8.00. The summed E-state index contributed by atoms with van der Waals surface area (Å²) in [6.45, 7) is 5.88. The van der Waals surface area contributed by atoms with Crippen molar-refractivity contribution < 1.29 is 4.79 Å². The molecule has 1 aliphatic rings. The molecule has 128 valence electrons. The summed E-state index contributed by atoms with van der Waals surface area (Å²) in [7, 11) is 0. The van der Waals surface area contributed by atoms with Gasteiger partial charge < -0.3 is 10.6 Å². The number of nitrogens with two attached hydrogens (primary N) is 1. The number of hydrogen-bond donors (Lipinski definition) is 1. The first-order valence-electron chi connectivity index (χ1n) is 8.33. The van der Waals surface area contributed by atoms with Crippen LogP contribution in [-0.4, -0.2) is 38.9 Å². The first-order valence-corrected chi connectivity index (χ1v) is 9.21. The van der Waals surface area contributed by atoms with Gasteiger partial charge in [-0.05, 0) is 38.3 Å². The number of amides is 1. The summed E-state index contributed by atoms with van der Waals surface area (Å²) >= 11 is 1.94. The fourth-order valence-corrected chi connectivity index (χ4v) is 4.23. The Labute approximate surface area is 147 Å². The first kappa shape index (κ1) is 16.9. The van der Waals surface area contributed by atoms with Gasteiger partial charge in [0.2, 0.25) is 5.91 Å². The van der Waals surface area contributed by atoms with Crippen LogP contribution in [0, 0.1) is 13.8 Å². The van der Waals surface area contributed by atoms with Gasteiger partial charge in [0.15, 0.2) is 0 Å². The Bertz CT molecular complexity index is 720. The topological polar surface area (TPSA) is 64.2 Å². The molecule has 2 heterocycles. The summed E-state index contributed by atoms with van der Waals surface area (Å²) in [5, 5.41) is 4.84. The fourth-order valence-electron chi connectivity index (χ4n) is 3.01. The molecular formula is C18H24N4OS. The second-order valence-electron chi connectivity index (χ2n) is 6.33. The van der Waals surface area contributed by atoms with Gasteiger partial charge >= 0.3 is 0 Å². The van der Waals surface area contributed by atoms with E-state index in [0.29, 0.717) is 11.1 Å². The lowest BCUT2D eigenvalue weighted by molar-refractivity contribution is -0.132. The smallest absolute Gasteiger partial charge is 0.244 e. The molecule has 3 rings (SSSR count). The fraction of sp³-hybridized carbons (Fsp3) is 0.444. The van der Waals surface area contributed by atoms with Crippen LogP contribution in [0.1, 0.15) is 24.1 Å². The Hall–Kier alpha value is -1.95. The SMILES string of the molecule is Cc1cc(N)n(CC(=O)N2CCC(Sc3ccccc3C)CC2)n1. The van der Waals surface area contributed by atoms with Crippen LogP contribution < -0.4 is 5.73 Å². The van der Waals surface area contributed by atoms with Crippen LogP contribution in [0.4, 0.5) is 5.82 Å². The number of hydrogen-bond acceptors (Lipinski definition) is 4. The van der Waals surface area contributed by atoms with Crippen LogP contribution in [0.2, 0.25) is 0 Å². The van der Waals surface area contributed by atoms with E-state index in [1.807, 2.05) is 23.6 Å². The largest absolute Gasteiger partial charge is 0.384 e. The van der Waals surface area contributed by atoms with E-state index >= 15 is 0 Å². The molecule has 5 nitrogen and oxygen atoms in total. The molecule has 0 aliphatic carbocycles. The number of carbonyl (C=O) groups is 1. The number of thioether (sulfide) groups is 1. The predicted octanol–water partition coefficient (Wildman–Crippen LogP) is 2.87. The minimum atomic E-state index is 0.101. The third kappa shape index (κ3) is 3.93. The van der Waals surface area contributed by atoms with E-state index < -0.39 is 0 Å². The van der Waals surface area contributed by atoms with Crippen molar-refractivity contribution in [2.24, 2.45) is 0 Å². The van der Waals surface area contributed by atoms with E-state index in [1.165, 1.54) is 10.5 Å². The minimum absolute atomic E-state index is 0.101. The number of rotatable bonds is 4. The highest BCUT2D eigenvalue weighted by Gasteiger charge is 2.24. The Kier molecular flexibility index (Phi) is 5.14. The van der Waals surface area contributed by atoms with Crippen molar-refractivity contribution >= 4 is 23.5 Å². The minimum Gasteiger partial charge on any atom is -0.384 e. The monoisotopic (exact) mass is 344 g/mol. The molecule has 1 saturated heterocycles. The highest BCUT2D eigenvalue weighted by Crippen LogP contribution is 2.32. The highest BCUT2D eigenvalue weighted by atomic mass is 32.2. The van der Waals surface area contributed by atoms with E-state index in [2.05, 4.69) is 36.3 Å². The van der Waals surface area contributed by atoms with Gasteiger partial charge in [0.05, 0.1) is 5.69 Å². The maximum absolute atomic E-state index is 12.5. The Morgan fingerprint density at radius 1 is 1.29 bits per heavy atom. The standard InChI is InChI=1S/C18H24N4OS/c1-13-5-3-4-6-16(13)24-15-7-9-21(10-8-15)18(23)12-22-17(19)11-14(2)20-22/h3-6,11,15H,7-10,12,19H2,1-2H3. The molecule has 0 bridgehead atoms. The van der Waals surface area contributed by atoms with E-state index in [1.54, 1.807) is 10.7 Å². The number of benzene rings is 1. The van der Waals surface area contributed by atoms with Crippen LogP contribution in [-0.2, 0) is 11.3 Å². The third-order valence-corrected chi connectivity index (χ3v) is 5.92. The quantitative estimate of drug-likeness (QED) is 0.926. The number of aromatic nitrogens is 2. The molecular weight excluding hydrogens is 320 g/mol. The zero-order valence-corrected chi connectivity index (χ0v) is 15.1. The number of aryl methyl sites for hydroxylation is 2. The average Bonchev–Trinajstić information content (AvgIpc) is 2.88. The molecule has 0 atom stereocenters. The second kappa shape index (κ2) is 7.30. The lowest BCUT2D eigenvalue weighted by atomic mass is 10.1. The number of likely N-dealkylation sites (tertiary alicyclic amines) is 1. The molecule has 1 aliphatic heterocycles. The molecule has 0 saturated carbocycles. The summed E-state index contributed by atoms with van der Waals surface area (Å²) in [5.41, 5.74) is 8.03. The Morgan fingerprint density at radius 3 is 2.62 bits per heavy atom. The Balaban J connectivity index is 1.52. The van der Waals surface area contributed by atoms with Gasteiger partial charge in [-0.2, -0.15) is 5.10 Å². The maximum atomic E-state index is 12.5. The number of anilines is 1. The van der Waals surface area contributed by atoms with Crippen molar-refractivity contribution in [1.82, 2.24) is 14.7 Å². The Morgan fingerprint density at radius 2 is 2.00 bits per heavy atom. The maximum Gasteiger partial charge on any atom is 0.244 e. The van der Waals surface area contributed by atoms with Crippen molar-refractivity contribution in [1.29, 1.82) is 0 Å². The molecule has 1 fully saturated rings. The molecule has 0 radical (unpaired) electrons. The van der Waals surface area contributed by atoms with E-state index in [9.17, 15) is 4.79 Å². The molecule has 0 spiro atoms. The lowest BCUT2D eigenvalue weighted by Crippen LogP contribution is -2.41. The molecule has 6 heteroatoms. The lowest BCUT2D eigenvalue weighted by Gasteiger charge is -2.32. The molecule has 1 amide bonds. The summed E-state index contributed by atoms with van der Waals surface area (Å²) in [6.07, 6.45) is 2.05. The zero-order valence-electron chi connectivity index (χ0n) is 14.2. The number of carbonyl (C=O) groups excluding carboxylic acids is 1. The third-order valence-electron chi connectivity index (χ3n) is 4.40. The molecule has 1 aromatic heterocycles. The van der Waals surface area contributed by atoms with Crippen LogP contribution in [0.15, 0.2) is 35.2 Å². The number of nitrogens with zero attached hydrogens (tertiary/aromatic N) is 3. The predicted molar refractivity (Wildman–Crippen MR) is 98.0 cm³/mol. The van der Waals surface area contributed by atoms with E-state index in [0.717, 1.165) is 31.6 Å². The van der Waals surface area contributed by atoms with Crippen molar-refractivity contribution in [3.8, 4) is 0 Å². The van der Waals surface area contributed by atoms with Crippen LogP contribution in [0.25, 0.3) is 0 Å². The summed E-state index contributed by atoms with van der Waals surface area (Å²) in [5.74, 6) is 0.648. The van der Waals surface area contributed by atoms with Gasteiger partial charge in [0, 0.05) is 29.3 Å². The van der Waals surface area contributed by atoms with Crippen LogP contribution in [0.5, 0.6) is 0 Å². The van der Waals surface area contributed by atoms with Crippen molar-refractivity contribution in [2.75, 3.05) is 18.8 Å².